The molecule has 4 heterocycles. The highest BCUT2D eigenvalue weighted by Gasteiger charge is 2.23. The highest BCUT2D eigenvalue weighted by Crippen LogP contribution is 2.29. The fourth-order valence-electron chi connectivity index (χ4n) is 2.85. The molecule has 0 amide bonds. The Morgan fingerprint density at radius 1 is 1.00 bits per heavy atom. The van der Waals surface area contributed by atoms with Crippen LogP contribution in [0.25, 0.3) is 28.0 Å². The summed E-state index contributed by atoms with van der Waals surface area (Å²) >= 11 is 6.05. The smallest absolute Gasteiger partial charge is 0.245 e. The number of aromatic nitrogens is 4. The van der Waals surface area contributed by atoms with Crippen LogP contribution in [0.4, 0.5) is 0 Å². The molecule has 0 spiro atoms. The zero-order valence-corrected chi connectivity index (χ0v) is 16.7. The molecule has 4 rings (SSSR count). The van der Waals surface area contributed by atoms with E-state index in [-0.39, 0.29) is 10.0 Å². The first kappa shape index (κ1) is 18.5. The van der Waals surface area contributed by atoms with Gasteiger partial charge in [-0.15, -0.1) is 0 Å². The minimum absolute atomic E-state index is 0.0430. The largest absolute Gasteiger partial charge is 0.300 e. The van der Waals surface area contributed by atoms with Crippen molar-refractivity contribution in [3.05, 3.63) is 66.5 Å². The first-order valence-corrected chi connectivity index (χ1v) is 10.2. The van der Waals surface area contributed by atoms with Gasteiger partial charge in [-0.3, -0.25) is 9.38 Å². The first-order chi connectivity index (χ1) is 13.4. The molecular formula is C19H16ClN5O2S. The zero-order chi connectivity index (χ0) is 19.9. The van der Waals surface area contributed by atoms with E-state index >= 15 is 0 Å². The Balaban J connectivity index is 1.82. The number of nitrogens with zero attached hydrogens (tertiary/aromatic N) is 5. The summed E-state index contributed by atoms with van der Waals surface area (Å²) in [6.45, 7) is 0. The van der Waals surface area contributed by atoms with E-state index in [1.165, 1.54) is 26.4 Å². The molecule has 0 atom stereocenters. The van der Waals surface area contributed by atoms with Crippen LogP contribution in [-0.2, 0) is 10.0 Å². The molecule has 0 aromatic carbocycles. The Kier molecular flexibility index (Phi) is 4.62. The Hall–Kier alpha value is -2.81. The minimum atomic E-state index is -3.71. The Labute approximate surface area is 167 Å². The second-order valence-corrected chi connectivity index (χ2v) is 8.81. The van der Waals surface area contributed by atoms with Crippen LogP contribution in [0.1, 0.15) is 0 Å². The van der Waals surface area contributed by atoms with Crippen molar-refractivity contribution in [3.63, 3.8) is 0 Å². The molecule has 7 nitrogen and oxygen atoms in total. The van der Waals surface area contributed by atoms with Crippen molar-refractivity contribution in [2.45, 2.75) is 4.90 Å². The standard InChI is InChI=1S/C19H16ClN5O2S/c1-24(2)28(26,27)17-8-15(11-23-19(17)20)16-12-22-18-9-13(5-7-25(16)18)14-4-3-6-21-10-14/h3-12H,1-2H3. The molecule has 0 fully saturated rings. The topological polar surface area (TPSA) is 80.5 Å². The lowest BCUT2D eigenvalue weighted by Crippen LogP contribution is -2.22. The lowest BCUT2D eigenvalue weighted by Gasteiger charge is -2.13. The fraction of sp³-hybridized carbons (Fsp3) is 0.105. The van der Waals surface area contributed by atoms with E-state index in [0.29, 0.717) is 11.3 Å². The summed E-state index contributed by atoms with van der Waals surface area (Å²) in [6.07, 6.45) is 8.61. The number of imidazole rings is 1. The number of halogens is 1. The van der Waals surface area contributed by atoms with E-state index < -0.39 is 10.0 Å². The number of hydrogen-bond donors (Lipinski definition) is 0. The fourth-order valence-corrected chi connectivity index (χ4v) is 4.18. The summed E-state index contributed by atoms with van der Waals surface area (Å²) in [6, 6.07) is 9.27. The molecule has 0 radical (unpaired) electrons. The van der Waals surface area contributed by atoms with Crippen LogP contribution in [0.15, 0.2) is 66.2 Å². The number of hydrogen-bond acceptors (Lipinski definition) is 5. The molecule has 0 bridgehead atoms. The minimum Gasteiger partial charge on any atom is -0.300 e. The lowest BCUT2D eigenvalue weighted by molar-refractivity contribution is 0.520. The maximum atomic E-state index is 12.5. The van der Waals surface area contributed by atoms with Crippen molar-refractivity contribution < 1.29 is 8.42 Å². The van der Waals surface area contributed by atoms with Crippen molar-refractivity contribution in [2.24, 2.45) is 0 Å². The van der Waals surface area contributed by atoms with Gasteiger partial charge in [0.25, 0.3) is 0 Å². The van der Waals surface area contributed by atoms with Gasteiger partial charge in [0.15, 0.2) is 0 Å². The highest BCUT2D eigenvalue weighted by atomic mass is 35.5. The van der Waals surface area contributed by atoms with Gasteiger partial charge in [-0.25, -0.2) is 22.7 Å². The molecule has 4 aromatic heterocycles. The summed E-state index contributed by atoms with van der Waals surface area (Å²) in [5.74, 6) is 0. The third-order valence-corrected chi connectivity index (χ3v) is 6.61. The molecule has 142 valence electrons. The lowest BCUT2D eigenvalue weighted by atomic mass is 10.1. The van der Waals surface area contributed by atoms with Gasteiger partial charge in [0, 0.05) is 50.0 Å². The molecule has 0 aliphatic carbocycles. The molecular weight excluding hydrogens is 398 g/mol. The van der Waals surface area contributed by atoms with Gasteiger partial charge < -0.3 is 0 Å². The summed E-state index contributed by atoms with van der Waals surface area (Å²) in [5, 5.41) is -0.0647. The van der Waals surface area contributed by atoms with Crippen molar-refractivity contribution >= 4 is 27.3 Å². The van der Waals surface area contributed by atoms with Crippen LogP contribution >= 0.6 is 11.6 Å². The van der Waals surface area contributed by atoms with Crippen molar-refractivity contribution in [1.29, 1.82) is 0 Å². The van der Waals surface area contributed by atoms with Gasteiger partial charge in [-0.05, 0) is 29.8 Å². The van der Waals surface area contributed by atoms with E-state index in [1.54, 1.807) is 18.6 Å². The molecule has 0 aliphatic heterocycles. The van der Waals surface area contributed by atoms with Crippen molar-refractivity contribution in [2.75, 3.05) is 14.1 Å². The zero-order valence-electron chi connectivity index (χ0n) is 15.1. The quantitative estimate of drug-likeness (QED) is 0.479. The Morgan fingerprint density at radius 3 is 2.54 bits per heavy atom. The van der Waals surface area contributed by atoms with Crippen molar-refractivity contribution in [3.8, 4) is 22.4 Å². The van der Waals surface area contributed by atoms with Crippen LogP contribution in [-0.4, -0.2) is 46.2 Å². The summed E-state index contributed by atoms with van der Waals surface area (Å²) in [4.78, 5) is 12.6. The van der Waals surface area contributed by atoms with Gasteiger partial charge >= 0.3 is 0 Å². The van der Waals surface area contributed by atoms with E-state index in [1.807, 2.05) is 34.9 Å². The number of rotatable bonds is 4. The van der Waals surface area contributed by atoms with Crippen molar-refractivity contribution in [1.82, 2.24) is 23.7 Å². The molecule has 0 unspecified atom stereocenters. The van der Waals surface area contributed by atoms with Crippen LogP contribution in [0.3, 0.4) is 0 Å². The third kappa shape index (κ3) is 3.15. The van der Waals surface area contributed by atoms with Crippen LogP contribution in [0.2, 0.25) is 5.15 Å². The third-order valence-electron chi connectivity index (χ3n) is 4.37. The average molecular weight is 414 g/mol. The number of fused-ring (bicyclic) bond motifs is 1. The predicted octanol–water partition coefficient (Wildman–Crippen LogP) is 3.36. The average Bonchev–Trinajstić information content (AvgIpc) is 3.12. The highest BCUT2D eigenvalue weighted by molar-refractivity contribution is 7.89. The maximum absolute atomic E-state index is 12.5. The first-order valence-electron chi connectivity index (χ1n) is 8.34. The van der Waals surface area contributed by atoms with E-state index in [4.69, 9.17) is 11.6 Å². The molecule has 0 aliphatic rings. The number of pyridine rings is 3. The number of sulfonamides is 1. The van der Waals surface area contributed by atoms with E-state index in [9.17, 15) is 8.42 Å². The van der Waals surface area contributed by atoms with E-state index in [2.05, 4.69) is 15.0 Å². The monoisotopic (exact) mass is 413 g/mol. The predicted molar refractivity (Wildman–Crippen MR) is 108 cm³/mol. The van der Waals surface area contributed by atoms with Gasteiger partial charge in [-0.2, -0.15) is 0 Å². The van der Waals surface area contributed by atoms with Gasteiger partial charge in [0.05, 0.1) is 11.9 Å². The van der Waals surface area contributed by atoms with Gasteiger partial charge in [0.2, 0.25) is 10.0 Å². The molecule has 28 heavy (non-hydrogen) atoms. The van der Waals surface area contributed by atoms with Crippen LogP contribution < -0.4 is 0 Å². The SMILES string of the molecule is CN(C)S(=O)(=O)c1cc(-c2cnc3cc(-c4cccnc4)ccn23)cnc1Cl. The summed E-state index contributed by atoms with van der Waals surface area (Å²) < 4.78 is 28.0. The second-order valence-electron chi connectivity index (χ2n) is 6.33. The molecule has 0 saturated heterocycles. The van der Waals surface area contributed by atoms with Crippen LogP contribution in [0, 0.1) is 0 Å². The molecule has 9 heteroatoms. The van der Waals surface area contributed by atoms with Gasteiger partial charge in [-0.1, -0.05) is 17.7 Å². The normalized spacial score (nSPS) is 12.0. The Bertz CT molecular complexity index is 1270. The van der Waals surface area contributed by atoms with E-state index in [0.717, 1.165) is 21.1 Å². The maximum Gasteiger partial charge on any atom is 0.245 e. The Morgan fingerprint density at radius 2 is 1.82 bits per heavy atom. The van der Waals surface area contributed by atoms with Crippen LogP contribution in [0.5, 0.6) is 0 Å². The molecule has 0 N–H and O–H groups in total. The summed E-state index contributed by atoms with van der Waals surface area (Å²) in [7, 11) is -0.813. The second kappa shape index (κ2) is 6.97. The molecule has 0 saturated carbocycles. The van der Waals surface area contributed by atoms with Gasteiger partial charge in [0.1, 0.15) is 15.7 Å². The molecule has 4 aromatic rings. The summed E-state index contributed by atoms with van der Waals surface area (Å²) in [5.41, 5.74) is 4.02.